The average Bonchev–Trinajstić information content (AvgIpc) is 2.69. The van der Waals surface area contributed by atoms with E-state index in [1.807, 2.05) is 0 Å². The number of fused-ring (bicyclic) bond motifs is 21. The van der Waals surface area contributed by atoms with Crippen molar-refractivity contribution in [3.8, 4) is 0 Å². The van der Waals surface area contributed by atoms with Gasteiger partial charge in [0.1, 0.15) is 0 Å². The van der Waals surface area contributed by atoms with Crippen molar-refractivity contribution in [1.29, 1.82) is 0 Å². The van der Waals surface area contributed by atoms with Gasteiger partial charge in [0.15, 0.2) is 0 Å². The molecule has 28 heavy (non-hydrogen) atoms. The standard InChI is InChI=1S/C18H32N2O6S2/c21-17-15-27-13-14-28-16-18(22)20-3-7-25-10-9-23-5-1-19(17)2-6-24-11-12-26-8-4-20/h1-16H2. The third-order valence-corrected chi connectivity index (χ3v) is 6.44. The summed E-state index contributed by atoms with van der Waals surface area (Å²) in [6.07, 6.45) is 0. The highest BCUT2D eigenvalue weighted by atomic mass is 32.2. The molecule has 0 saturated carbocycles. The Bertz CT molecular complexity index is 398. The summed E-state index contributed by atoms with van der Waals surface area (Å²) in [5, 5.41) is 0. The zero-order chi connectivity index (χ0) is 19.9. The maximum atomic E-state index is 12.5. The van der Waals surface area contributed by atoms with E-state index in [4.69, 9.17) is 18.9 Å². The lowest BCUT2D eigenvalue weighted by molar-refractivity contribution is -0.131. The van der Waals surface area contributed by atoms with E-state index in [0.29, 0.717) is 90.5 Å². The van der Waals surface area contributed by atoms with Crippen molar-refractivity contribution < 1.29 is 28.5 Å². The summed E-state index contributed by atoms with van der Waals surface area (Å²) in [6, 6.07) is 0. The van der Waals surface area contributed by atoms with Crippen molar-refractivity contribution in [3.05, 3.63) is 0 Å². The number of rotatable bonds is 0. The molecule has 3 rings (SSSR count). The average molecular weight is 437 g/mol. The van der Waals surface area contributed by atoms with Gasteiger partial charge in [0.25, 0.3) is 0 Å². The Balaban J connectivity index is 1.99. The summed E-state index contributed by atoms with van der Waals surface area (Å²) in [5.41, 5.74) is 0. The third-order valence-electron chi connectivity index (χ3n) is 4.29. The van der Waals surface area contributed by atoms with Crippen molar-refractivity contribution in [2.24, 2.45) is 0 Å². The van der Waals surface area contributed by atoms with E-state index in [0.717, 1.165) is 11.5 Å². The van der Waals surface area contributed by atoms with Crippen LogP contribution >= 0.6 is 23.5 Å². The van der Waals surface area contributed by atoms with Crippen LogP contribution in [0.15, 0.2) is 0 Å². The van der Waals surface area contributed by atoms with Crippen LogP contribution in [0.25, 0.3) is 0 Å². The van der Waals surface area contributed by atoms with Crippen LogP contribution in [-0.4, -0.2) is 124 Å². The highest BCUT2D eigenvalue weighted by Crippen LogP contribution is 2.10. The first-order valence-corrected chi connectivity index (χ1v) is 12.1. The Labute approximate surface area is 175 Å². The minimum absolute atomic E-state index is 0.0965. The van der Waals surface area contributed by atoms with Gasteiger partial charge in [-0.15, -0.1) is 0 Å². The van der Waals surface area contributed by atoms with E-state index in [9.17, 15) is 9.59 Å². The Hall–Kier alpha value is -0.520. The van der Waals surface area contributed by atoms with Crippen LogP contribution in [-0.2, 0) is 28.5 Å². The molecule has 0 aromatic carbocycles. The molecule has 8 nitrogen and oxygen atoms in total. The lowest BCUT2D eigenvalue weighted by atomic mass is 10.4. The van der Waals surface area contributed by atoms with Gasteiger partial charge in [0.05, 0.1) is 64.4 Å². The molecule has 0 atom stereocenters. The molecule has 3 heterocycles. The van der Waals surface area contributed by atoms with Crippen LogP contribution in [0, 0.1) is 0 Å². The summed E-state index contributed by atoms with van der Waals surface area (Å²) >= 11 is 3.22. The van der Waals surface area contributed by atoms with Crippen LogP contribution < -0.4 is 0 Å². The van der Waals surface area contributed by atoms with Gasteiger partial charge in [-0.1, -0.05) is 0 Å². The highest BCUT2D eigenvalue weighted by molar-refractivity contribution is 8.03. The summed E-state index contributed by atoms with van der Waals surface area (Å²) in [6.45, 7) is 6.00. The number of hydrogen-bond acceptors (Lipinski definition) is 8. The second-order valence-corrected chi connectivity index (χ2v) is 8.53. The molecule has 3 aliphatic heterocycles. The predicted molar refractivity (Wildman–Crippen MR) is 111 cm³/mol. The monoisotopic (exact) mass is 436 g/mol. The third kappa shape index (κ3) is 10.3. The van der Waals surface area contributed by atoms with Gasteiger partial charge in [-0.2, -0.15) is 23.5 Å². The number of thioether (sulfide) groups is 2. The first kappa shape index (κ1) is 23.8. The first-order valence-electron chi connectivity index (χ1n) is 9.79. The summed E-state index contributed by atoms with van der Waals surface area (Å²) in [5.74, 6) is 2.76. The van der Waals surface area contributed by atoms with E-state index in [-0.39, 0.29) is 11.8 Å². The molecule has 3 aliphatic rings. The van der Waals surface area contributed by atoms with Crippen molar-refractivity contribution in [2.75, 3.05) is 102 Å². The van der Waals surface area contributed by atoms with E-state index < -0.39 is 0 Å². The number of carbonyl (C=O) groups is 2. The zero-order valence-electron chi connectivity index (χ0n) is 16.5. The van der Waals surface area contributed by atoms with Crippen molar-refractivity contribution in [2.45, 2.75) is 0 Å². The van der Waals surface area contributed by atoms with Crippen LogP contribution in [0.4, 0.5) is 0 Å². The number of ether oxygens (including phenoxy) is 4. The second kappa shape index (κ2) is 15.3. The Morgan fingerprint density at radius 2 is 0.857 bits per heavy atom. The molecule has 0 spiro atoms. The SMILES string of the molecule is O=C1CSCCSCC(=O)N2CCOCCOCCN1CCOCCOCC2. The van der Waals surface area contributed by atoms with Gasteiger partial charge in [-0.05, 0) is 0 Å². The fraction of sp³-hybridized carbons (Fsp3) is 0.889. The van der Waals surface area contributed by atoms with Crippen LogP contribution in [0.1, 0.15) is 0 Å². The minimum Gasteiger partial charge on any atom is -0.377 e. The van der Waals surface area contributed by atoms with Gasteiger partial charge in [0, 0.05) is 37.7 Å². The topological polar surface area (TPSA) is 77.5 Å². The molecular formula is C18H32N2O6S2. The number of amides is 2. The zero-order valence-corrected chi connectivity index (χ0v) is 18.1. The van der Waals surface area contributed by atoms with Gasteiger partial charge in [0.2, 0.25) is 11.8 Å². The van der Waals surface area contributed by atoms with Gasteiger partial charge >= 0.3 is 0 Å². The number of nitrogens with zero attached hydrogens (tertiary/aromatic N) is 2. The Kier molecular flexibility index (Phi) is 13.0. The molecule has 0 aromatic rings. The van der Waals surface area contributed by atoms with E-state index in [1.54, 1.807) is 33.3 Å². The molecule has 0 aliphatic carbocycles. The molecule has 0 radical (unpaired) electrons. The molecule has 2 bridgehead atoms. The molecule has 0 N–H and O–H groups in total. The van der Waals surface area contributed by atoms with Crippen LogP contribution in [0.3, 0.4) is 0 Å². The number of carbonyl (C=O) groups excluding carboxylic acids is 2. The summed E-state index contributed by atoms with van der Waals surface area (Å²) in [7, 11) is 0. The van der Waals surface area contributed by atoms with Crippen LogP contribution in [0.2, 0.25) is 0 Å². The second-order valence-electron chi connectivity index (χ2n) is 6.32. The molecule has 3 fully saturated rings. The lowest BCUT2D eigenvalue weighted by Gasteiger charge is -2.24. The molecule has 0 aromatic heterocycles. The highest BCUT2D eigenvalue weighted by Gasteiger charge is 2.16. The summed E-state index contributed by atoms with van der Waals surface area (Å²) < 4.78 is 22.4. The quantitative estimate of drug-likeness (QED) is 0.533. The largest absolute Gasteiger partial charge is 0.377 e. The molecule has 0 unspecified atom stereocenters. The molecule has 10 heteroatoms. The van der Waals surface area contributed by atoms with Crippen molar-refractivity contribution in [3.63, 3.8) is 0 Å². The fourth-order valence-electron chi connectivity index (χ4n) is 2.68. The normalized spacial score (nSPS) is 24.1. The number of hydrogen-bond donors (Lipinski definition) is 0. The van der Waals surface area contributed by atoms with Gasteiger partial charge in [-0.25, -0.2) is 0 Å². The predicted octanol–water partition coefficient (Wildman–Crippen LogP) is 0.204. The molecule has 162 valence electrons. The lowest BCUT2D eigenvalue weighted by Crippen LogP contribution is -2.39. The van der Waals surface area contributed by atoms with E-state index >= 15 is 0 Å². The molecule has 3 saturated heterocycles. The van der Waals surface area contributed by atoms with Gasteiger partial charge in [-0.3, -0.25) is 9.59 Å². The molecule has 2 amide bonds. The maximum absolute atomic E-state index is 12.5. The van der Waals surface area contributed by atoms with Crippen LogP contribution in [0.5, 0.6) is 0 Å². The fourth-order valence-corrected chi connectivity index (χ4v) is 4.63. The maximum Gasteiger partial charge on any atom is 0.232 e. The summed E-state index contributed by atoms with van der Waals surface area (Å²) in [4.78, 5) is 28.6. The Morgan fingerprint density at radius 1 is 0.536 bits per heavy atom. The smallest absolute Gasteiger partial charge is 0.232 e. The van der Waals surface area contributed by atoms with Crippen molar-refractivity contribution >= 4 is 35.3 Å². The first-order chi connectivity index (χ1) is 13.8. The van der Waals surface area contributed by atoms with E-state index in [1.165, 1.54) is 0 Å². The Morgan fingerprint density at radius 3 is 1.18 bits per heavy atom. The van der Waals surface area contributed by atoms with E-state index in [2.05, 4.69) is 0 Å². The molecular weight excluding hydrogens is 404 g/mol. The van der Waals surface area contributed by atoms with Gasteiger partial charge < -0.3 is 28.7 Å². The van der Waals surface area contributed by atoms with Crippen molar-refractivity contribution in [1.82, 2.24) is 9.80 Å². The minimum atomic E-state index is 0.0965.